The summed E-state index contributed by atoms with van der Waals surface area (Å²) in [5.74, 6) is 1.38. The molecule has 0 atom stereocenters. The van der Waals surface area contributed by atoms with Gasteiger partial charge in [0.2, 0.25) is 0 Å². The quantitative estimate of drug-likeness (QED) is 0.179. The number of fused-ring (bicyclic) bond motifs is 13. The third-order valence-electron chi connectivity index (χ3n) is 12.0. The molecule has 0 fully saturated rings. The van der Waals surface area contributed by atoms with Crippen molar-refractivity contribution in [3.63, 3.8) is 0 Å². The van der Waals surface area contributed by atoms with E-state index in [1.165, 1.54) is 0 Å². The molecule has 0 N–H and O–H groups in total. The van der Waals surface area contributed by atoms with Gasteiger partial charge in [-0.3, -0.25) is 4.57 Å². The summed E-state index contributed by atoms with van der Waals surface area (Å²) in [6, 6.07) is 58.7. The predicted molar refractivity (Wildman–Crippen MR) is 239 cm³/mol. The average Bonchev–Trinajstić information content (AvgIpc) is 4.05. The van der Waals surface area contributed by atoms with Crippen LogP contribution in [0, 0.1) is 6.92 Å². The first-order chi connectivity index (χ1) is 29.2. The zero-order valence-corrected chi connectivity index (χ0v) is 31.7. The maximum absolute atomic E-state index is 6.61. The van der Waals surface area contributed by atoms with Gasteiger partial charge in [0.15, 0.2) is 5.82 Å². The molecule has 8 aromatic carbocycles. The van der Waals surface area contributed by atoms with Crippen molar-refractivity contribution < 1.29 is 13.3 Å². The summed E-state index contributed by atoms with van der Waals surface area (Å²) in [4.78, 5) is 10.9. The van der Waals surface area contributed by atoms with Crippen LogP contribution in [0.1, 0.15) is 5.56 Å². The summed E-state index contributed by atoms with van der Waals surface area (Å²) in [5, 5.41) is 8.67. The van der Waals surface area contributed by atoms with Crippen LogP contribution < -0.4 is 0 Å². The van der Waals surface area contributed by atoms with Crippen molar-refractivity contribution in [1.29, 1.82) is 0 Å². The van der Waals surface area contributed by atoms with Crippen molar-refractivity contribution in [2.75, 3.05) is 0 Å². The molecule has 6 heteroatoms. The van der Waals surface area contributed by atoms with Crippen LogP contribution in [0.3, 0.4) is 0 Å². The number of nitrogens with zero attached hydrogens (tertiary/aromatic N) is 3. The SMILES string of the molecule is Cc1c(-c2ccc3c(c2)oc2ccccc23)nc(-c2ccc3c(c2)oc2cccc(-c4ccccc4)c23)nc1-n1c2ccccc2c2ccc3oc4ccccc4c3c21. The number of hydrogen-bond acceptors (Lipinski definition) is 5. The molecule has 0 aliphatic heterocycles. The van der Waals surface area contributed by atoms with E-state index in [-0.39, 0.29) is 0 Å². The van der Waals surface area contributed by atoms with Gasteiger partial charge in [-0.2, -0.15) is 0 Å². The van der Waals surface area contributed by atoms with Crippen LogP contribution in [-0.4, -0.2) is 14.5 Å². The third kappa shape index (κ3) is 4.62. The standard InChI is InChI=1S/C53H31N3O3/c1-30-50(32-22-24-37-36-15-6-9-19-42(36)58-46(37)28-32)54-52(33-23-25-40-47(29-33)59-44-21-11-17-34(48(40)44)31-12-3-2-4-13-31)55-53(30)56-41-18-8-5-14-35(41)38-26-27-45-49(51(38)56)39-16-7-10-20-43(39)57-45/h2-29H,1H3. The van der Waals surface area contributed by atoms with Crippen molar-refractivity contribution in [2.24, 2.45) is 0 Å². The minimum Gasteiger partial charge on any atom is -0.456 e. The van der Waals surface area contributed by atoms with E-state index >= 15 is 0 Å². The summed E-state index contributed by atoms with van der Waals surface area (Å²) in [7, 11) is 0. The minimum absolute atomic E-state index is 0.589. The molecule has 0 radical (unpaired) electrons. The monoisotopic (exact) mass is 757 g/mol. The highest BCUT2D eigenvalue weighted by Crippen LogP contribution is 2.43. The Balaban J connectivity index is 1.11. The van der Waals surface area contributed by atoms with Crippen molar-refractivity contribution in [3.8, 4) is 39.6 Å². The summed E-state index contributed by atoms with van der Waals surface area (Å²) < 4.78 is 21.8. The van der Waals surface area contributed by atoms with Crippen LogP contribution in [0.4, 0.5) is 0 Å². The molecule has 59 heavy (non-hydrogen) atoms. The number of furan rings is 3. The maximum atomic E-state index is 6.61. The van der Waals surface area contributed by atoms with Crippen molar-refractivity contribution >= 4 is 87.6 Å². The van der Waals surface area contributed by atoms with E-state index in [1.54, 1.807) is 0 Å². The molecule has 0 bridgehead atoms. The Kier molecular flexibility index (Phi) is 6.55. The molecule has 0 saturated carbocycles. The molecule has 0 aliphatic carbocycles. The molecule has 5 aromatic heterocycles. The fraction of sp³-hybridized carbons (Fsp3) is 0.0189. The molecular formula is C53H31N3O3. The Morgan fingerprint density at radius 2 is 1.00 bits per heavy atom. The van der Waals surface area contributed by atoms with E-state index in [2.05, 4.69) is 139 Å². The zero-order valence-electron chi connectivity index (χ0n) is 31.7. The van der Waals surface area contributed by atoms with Crippen LogP contribution in [0.5, 0.6) is 0 Å². The number of aromatic nitrogens is 3. The summed E-state index contributed by atoms with van der Waals surface area (Å²) in [5.41, 5.74) is 12.9. The molecule has 0 saturated heterocycles. The van der Waals surface area contributed by atoms with Crippen LogP contribution in [0.15, 0.2) is 183 Å². The van der Waals surface area contributed by atoms with Gasteiger partial charge in [-0.15, -0.1) is 0 Å². The van der Waals surface area contributed by atoms with E-state index in [0.29, 0.717) is 5.82 Å². The topological polar surface area (TPSA) is 70.1 Å². The van der Waals surface area contributed by atoms with Crippen LogP contribution in [-0.2, 0) is 0 Å². The van der Waals surface area contributed by atoms with Crippen molar-refractivity contribution in [2.45, 2.75) is 6.92 Å². The lowest BCUT2D eigenvalue weighted by molar-refractivity contribution is 0.668. The van der Waals surface area contributed by atoms with Gasteiger partial charge in [0.1, 0.15) is 39.3 Å². The molecule has 0 amide bonds. The average molecular weight is 758 g/mol. The van der Waals surface area contributed by atoms with Crippen molar-refractivity contribution in [3.05, 3.63) is 175 Å². The highest BCUT2D eigenvalue weighted by molar-refractivity contribution is 6.24. The Morgan fingerprint density at radius 1 is 0.407 bits per heavy atom. The second-order valence-electron chi connectivity index (χ2n) is 15.3. The first-order valence-electron chi connectivity index (χ1n) is 19.8. The lowest BCUT2D eigenvalue weighted by Gasteiger charge is -2.16. The van der Waals surface area contributed by atoms with E-state index in [0.717, 1.165) is 127 Å². The van der Waals surface area contributed by atoms with Gasteiger partial charge in [-0.05, 0) is 78.7 Å². The van der Waals surface area contributed by atoms with Gasteiger partial charge in [-0.1, -0.05) is 109 Å². The number of rotatable bonds is 4. The molecule has 276 valence electrons. The molecule has 6 nitrogen and oxygen atoms in total. The molecule has 0 aliphatic rings. The van der Waals surface area contributed by atoms with Crippen LogP contribution in [0.25, 0.3) is 127 Å². The van der Waals surface area contributed by atoms with Gasteiger partial charge in [0.05, 0.1) is 22.1 Å². The van der Waals surface area contributed by atoms with Gasteiger partial charge in [0, 0.05) is 54.4 Å². The molecule has 5 heterocycles. The molecular weight excluding hydrogens is 727 g/mol. The Morgan fingerprint density at radius 3 is 1.88 bits per heavy atom. The van der Waals surface area contributed by atoms with Gasteiger partial charge in [-0.25, -0.2) is 9.97 Å². The highest BCUT2D eigenvalue weighted by Gasteiger charge is 2.24. The first kappa shape index (κ1) is 32.2. The first-order valence-corrected chi connectivity index (χ1v) is 19.8. The van der Waals surface area contributed by atoms with E-state index in [1.807, 2.05) is 42.5 Å². The lowest BCUT2D eigenvalue weighted by Crippen LogP contribution is -2.06. The highest BCUT2D eigenvalue weighted by atomic mass is 16.3. The smallest absolute Gasteiger partial charge is 0.162 e. The Bertz CT molecular complexity index is 3870. The number of benzene rings is 8. The van der Waals surface area contributed by atoms with E-state index in [4.69, 9.17) is 23.2 Å². The molecule has 13 rings (SSSR count). The number of para-hydroxylation sites is 3. The maximum Gasteiger partial charge on any atom is 0.162 e. The second-order valence-corrected chi connectivity index (χ2v) is 15.3. The molecule has 0 spiro atoms. The molecule has 0 unspecified atom stereocenters. The van der Waals surface area contributed by atoms with E-state index < -0.39 is 0 Å². The van der Waals surface area contributed by atoms with Crippen LogP contribution in [0.2, 0.25) is 0 Å². The predicted octanol–water partition coefficient (Wildman–Crippen LogP) is 14.6. The van der Waals surface area contributed by atoms with Crippen molar-refractivity contribution in [1.82, 2.24) is 14.5 Å². The van der Waals surface area contributed by atoms with Gasteiger partial charge >= 0.3 is 0 Å². The molecule has 13 aromatic rings. The summed E-state index contributed by atoms with van der Waals surface area (Å²) in [6.07, 6.45) is 0. The number of hydrogen-bond donors (Lipinski definition) is 0. The Hall–Kier alpha value is -7.96. The fourth-order valence-corrected chi connectivity index (χ4v) is 9.31. The second kappa shape index (κ2) is 12.0. The Labute approximate surface area is 336 Å². The minimum atomic E-state index is 0.589. The zero-order chi connectivity index (χ0) is 38.8. The lowest BCUT2D eigenvalue weighted by atomic mass is 9.99. The van der Waals surface area contributed by atoms with Gasteiger partial charge < -0.3 is 13.3 Å². The summed E-state index contributed by atoms with van der Waals surface area (Å²) >= 11 is 0. The van der Waals surface area contributed by atoms with Gasteiger partial charge in [0.25, 0.3) is 0 Å². The fourth-order valence-electron chi connectivity index (χ4n) is 9.31. The largest absolute Gasteiger partial charge is 0.456 e. The van der Waals surface area contributed by atoms with E-state index in [9.17, 15) is 0 Å². The summed E-state index contributed by atoms with van der Waals surface area (Å²) in [6.45, 7) is 2.12. The van der Waals surface area contributed by atoms with Crippen LogP contribution >= 0.6 is 0 Å². The normalized spacial score (nSPS) is 12.2. The third-order valence-corrected chi connectivity index (χ3v) is 12.0.